The van der Waals surface area contributed by atoms with Crippen molar-refractivity contribution >= 4 is 34.4 Å². The molecule has 4 aromatic rings. The summed E-state index contributed by atoms with van der Waals surface area (Å²) in [6.45, 7) is 6.87. The van der Waals surface area contributed by atoms with Crippen LogP contribution in [-0.4, -0.2) is 70.7 Å². The van der Waals surface area contributed by atoms with Crippen molar-refractivity contribution in [3.05, 3.63) is 102 Å². The third-order valence-corrected chi connectivity index (χ3v) is 8.75. The molecule has 1 aliphatic carbocycles. The molecule has 0 saturated heterocycles. The molecule has 1 fully saturated rings. The highest BCUT2D eigenvalue weighted by Crippen LogP contribution is 2.36. The van der Waals surface area contributed by atoms with Crippen LogP contribution in [0.2, 0.25) is 0 Å². The number of hydrogen-bond acceptors (Lipinski definition) is 5. The van der Waals surface area contributed by atoms with Crippen LogP contribution >= 0.6 is 0 Å². The number of ether oxygens (including phenoxy) is 2. The van der Waals surface area contributed by atoms with E-state index in [2.05, 4.69) is 30.3 Å². The Balaban J connectivity index is 1.38. The highest BCUT2D eigenvalue weighted by atomic mass is 16.6. The Morgan fingerprint density at radius 2 is 1.60 bits per heavy atom. The van der Waals surface area contributed by atoms with Crippen LogP contribution in [-0.2, 0) is 20.8 Å². The van der Waals surface area contributed by atoms with E-state index in [9.17, 15) is 14.4 Å². The van der Waals surface area contributed by atoms with Gasteiger partial charge in [-0.3, -0.25) is 14.2 Å². The normalized spacial score (nSPS) is 15.2. The van der Waals surface area contributed by atoms with Gasteiger partial charge in [0, 0.05) is 43.4 Å². The Bertz CT molecular complexity index is 1810. The molecule has 244 valence electrons. The van der Waals surface area contributed by atoms with Crippen molar-refractivity contribution < 1.29 is 23.9 Å². The average molecular weight is 634 g/mol. The Hall–Kier alpha value is -4.69. The number of hydrogen-bond donors (Lipinski definition) is 0. The molecule has 8 nitrogen and oxygen atoms in total. The summed E-state index contributed by atoms with van der Waals surface area (Å²) in [6, 6.07) is 26.4. The van der Waals surface area contributed by atoms with Crippen molar-refractivity contribution in [2.45, 2.75) is 64.6 Å². The first-order valence-electron chi connectivity index (χ1n) is 16.4. The quantitative estimate of drug-likeness (QED) is 0.190. The summed E-state index contributed by atoms with van der Waals surface area (Å²) in [4.78, 5) is 44.8. The van der Waals surface area contributed by atoms with Crippen molar-refractivity contribution in [1.82, 2.24) is 14.4 Å². The molecular formula is C39H43N3O5. The van der Waals surface area contributed by atoms with Gasteiger partial charge in [-0.05, 0) is 80.0 Å². The third-order valence-electron chi connectivity index (χ3n) is 8.75. The molecule has 6 rings (SSSR count). The summed E-state index contributed by atoms with van der Waals surface area (Å²) in [5.74, 6) is -0.134. The number of fused-ring (bicyclic) bond motifs is 1. The number of amides is 2. The number of aromatic nitrogens is 1. The number of para-hydroxylation sites is 1. The van der Waals surface area contributed by atoms with Crippen molar-refractivity contribution in [2.24, 2.45) is 0 Å². The monoisotopic (exact) mass is 633 g/mol. The summed E-state index contributed by atoms with van der Waals surface area (Å²) in [6.07, 6.45) is 4.08. The van der Waals surface area contributed by atoms with Gasteiger partial charge in [0.1, 0.15) is 5.60 Å². The molecule has 1 aromatic heterocycles. The second-order valence-electron chi connectivity index (χ2n) is 13.4. The molecule has 0 bridgehead atoms. The maximum absolute atomic E-state index is 14.8. The van der Waals surface area contributed by atoms with E-state index in [1.54, 1.807) is 16.6 Å². The topological polar surface area (TPSA) is 81.1 Å². The maximum Gasteiger partial charge on any atom is 0.410 e. The fraction of sp³-hybridized carbons (Fsp3) is 0.359. The van der Waals surface area contributed by atoms with Gasteiger partial charge in [-0.15, -0.1) is 0 Å². The number of nitrogens with zero attached hydrogens (tertiary/aromatic N) is 3. The third kappa shape index (κ3) is 7.33. The standard InChI is InChI=1S/C39H43N3O5/c1-39(2,3)47-38(45)40-21-19-32(29-14-10-13-28(23-29)27-11-6-5-7-12-27)34(26-40)37(44)41(31-17-18-31)24-30-25-42(36(43)20-22-46-4)35-16-9-8-15-33(30)35/h5-16,23,25,31H,17-22,24,26H2,1-4H3. The maximum atomic E-state index is 14.8. The summed E-state index contributed by atoms with van der Waals surface area (Å²) in [7, 11) is 1.58. The second-order valence-corrected chi connectivity index (χ2v) is 13.4. The number of benzene rings is 3. The highest BCUT2D eigenvalue weighted by Gasteiger charge is 2.38. The molecule has 0 spiro atoms. The molecule has 47 heavy (non-hydrogen) atoms. The van der Waals surface area contributed by atoms with Crippen LogP contribution in [0.25, 0.3) is 27.6 Å². The number of methoxy groups -OCH3 is 1. The van der Waals surface area contributed by atoms with E-state index in [1.807, 2.05) is 80.4 Å². The Morgan fingerprint density at radius 3 is 2.32 bits per heavy atom. The van der Waals surface area contributed by atoms with Gasteiger partial charge >= 0.3 is 6.09 Å². The zero-order chi connectivity index (χ0) is 33.1. The smallest absolute Gasteiger partial charge is 0.410 e. The zero-order valence-corrected chi connectivity index (χ0v) is 27.7. The minimum Gasteiger partial charge on any atom is -0.444 e. The largest absolute Gasteiger partial charge is 0.444 e. The second kappa shape index (κ2) is 13.6. The van der Waals surface area contributed by atoms with Crippen LogP contribution in [0.1, 0.15) is 62.4 Å². The lowest BCUT2D eigenvalue weighted by Gasteiger charge is -2.34. The summed E-state index contributed by atoms with van der Waals surface area (Å²) >= 11 is 0. The lowest BCUT2D eigenvalue weighted by Crippen LogP contribution is -2.44. The van der Waals surface area contributed by atoms with Gasteiger partial charge in [0.05, 0.1) is 25.1 Å². The van der Waals surface area contributed by atoms with Gasteiger partial charge < -0.3 is 19.3 Å². The molecule has 2 aliphatic rings. The van der Waals surface area contributed by atoms with Crippen molar-refractivity contribution in [1.29, 1.82) is 0 Å². The van der Waals surface area contributed by atoms with Crippen LogP contribution in [0, 0.1) is 0 Å². The first kappa shape index (κ1) is 32.3. The lowest BCUT2D eigenvalue weighted by molar-refractivity contribution is -0.128. The lowest BCUT2D eigenvalue weighted by atomic mass is 9.90. The number of carbonyl (C=O) groups excluding carboxylic acids is 3. The summed E-state index contributed by atoms with van der Waals surface area (Å²) in [5, 5.41) is 0.945. The van der Waals surface area contributed by atoms with E-state index in [4.69, 9.17) is 9.47 Å². The molecular weight excluding hydrogens is 590 g/mol. The zero-order valence-electron chi connectivity index (χ0n) is 27.7. The van der Waals surface area contributed by atoms with Crippen molar-refractivity contribution in [3.63, 3.8) is 0 Å². The average Bonchev–Trinajstić information content (AvgIpc) is 3.86. The predicted octanol–water partition coefficient (Wildman–Crippen LogP) is 7.57. The Morgan fingerprint density at radius 1 is 0.894 bits per heavy atom. The SMILES string of the molecule is COCCC(=O)n1cc(CN(C(=O)C2=C(c3cccc(-c4ccccc4)c3)CCN(C(=O)OC(C)(C)C)C2)C2CC2)c2ccccc21. The number of carbonyl (C=O) groups is 3. The van der Waals surface area contributed by atoms with Gasteiger partial charge in [-0.25, -0.2) is 4.79 Å². The van der Waals surface area contributed by atoms with Gasteiger partial charge in [-0.1, -0.05) is 66.7 Å². The molecule has 2 amide bonds. The van der Waals surface area contributed by atoms with Crippen LogP contribution in [0.15, 0.2) is 90.6 Å². The van der Waals surface area contributed by atoms with Gasteiger partial charge in [0.15, 0.2) is 0 Å². The van der Waals surface area contributed by atoms with E-state index in [1.165, 1.54) is 0 Å². The van der Waals surface area contributed by atoms with Crippen molar-refractivity contribution in [2.75, 3.05) is 26.8 Å². The van der Waals surface area contributed by atoms with Crippen LogP contribution in [0.5, 0.6) is 0 Å². The van der Waals surface area contributed by atoms with Gasteiger partial charge in [0.25, 0.3) is 5.91 Å². The van der Waals surface area contributed by atoms with E-state index in [0.717, 1.165) is 51.6 Å². The van der Waals surface area contributed by atoms with E-state index < -0.39 is 11.7 Å². The van der Waals surface area contributed by atoms with Crippen LogP contribution < -0.4 is 0 Å². The summed E-state index contributed by atoms with van der Waals surface area (Å²) < 4.78 is 12.6. The molecule has 1 aliphatic heterocycles. The van der Waals surface area contributed by atoms with Crippen LogP contribution in [0.4, 0.5) is 4.79 Å². The van der Waals surface area contributed by atoms with Crippen molar-refractivity contribution in [3.8, 4) is 11.1 Å². The molecule has 3 aromatic carbocycles. The molecule has 1 saturated carbocycles. The minimum atomic E-state index is -0.649. The Labute approximate surface area is 276 Å². The van der Waals surface area contributed by atoms with Gasteiger partial charge in [0.2, 0.25) is 5.91 Å². The molecule has 0 atom stereocenters. The predicted molar refractivity (Wildman–Crippen MR) is 184 cm³/mol. The van der Waals surface area contributed by atoms with E-state index in [0.29, 0.717) is 31.7 Å². The first-order valence-corrected chi connectivity index (χ1v) is 16.4. The fourth-order valence-corrected chi connectivity index (χ4v) is 6.28. The van der Waals surface area contributed by atoms with E-state index >= 15 is 0 Å². The minimum absolute atomic E-state index is 0.0535. The number of rotatable bonds is 9. The highest BCUT2D eigenvalue weighted by molar-refractivity contribution is 6.03. The molecule has 0 unspecified atom stereocenters. The fourth-order valence-electron chi connectivity index (χ4n) is 6.28. The van der Waals surface area contributed by atoms with Gasteiger partial charge in [-0.2, -0.15) is 0 Å². The molecule has 2 heterocycles. The Kier molecular flexibility index (Phi) is 9.32. The van der Waals surface area contributed by atoms with E-state index in [-0.39, 0.29) is 30.8 Å². The molecule has 8 heteroatoms. The molecule has 0 N–H and O–H groups in total. The first-order chi connectivity index (χ1) is 22.6. The van der Waals surface area contributed by atoms with Crippen LogP contribution in [0.3, 0.4) is 0 Å². The molecule has 0 radical (unpaired) electrons. The summed E-state index contributed by atoms with van der Waals surface area (Å²) in [5.41, 5.74) is 5.80.